The molecule has 146 valence electrons. The van der Waals surface area contributed by atoms with Gasteiger partial charge in [-0.15, -0.1) is 0 Å². The number of hydrogen-bond donors (Lipinski definition) is 3. The third kappa shape index (κ3) is 3.98. The molecular formula is C20H28N4O3. The number of imide groups is 1. The van der Waals surface area contributed by atoms with Crippen molar-refractivity contribution in [3.63, 3.8) is 0 Å². The summed E-state index contributed by atoms with van der Waals surface area (Å²) in [6.45, 7) is 2.62. The molecule has 1 spiro atoms. The fourth-order valence-corrected chi connectivity index (χ4v) is 3.83. The van der Waals surface area contributed by atoms with Gasteiger partial charge in [-0.1, -0.05) is 50.5 Å². The maximum absolute atomic E-state index is 13.0. The number of carbonyl (C=O) groups is 3. The number of nitrogens with two attached hydrogens (primary N) is 1. The zero-order chi connectivity index (χ0) is 19.4. The second kappa shape index (κ2) is 8.08. The SMILES string of the molecule is CC(CN)C(=O)NCc1ccccc1CN1C(=O)NC2(CCCCC2)C1=O. The van der Waals surface area contributed by atoms with E-state index in [0.29, 0.717) is 19.4 Å². The second-order valence-electron chi connectivity index (χ2n) is 7.59. The van der Waals surface area contributed by atoms with Crippen LogP contribution in [-0.4, -0.2) is 34.8 Å². The van der Waals surface area contributed by atoms with Gasteiger partial charge in [0.05, 0.1) is 6.54 Å². The molecule has 4 amide bonds. The fraction of sp³-hybridized carbons (Fsp3) is 0.550. The Labute approximate surface area is 159 Å². The lowest BCUT2D eigenvalue weighted by Crippen LogP contribution is -2.48. The Bertz CT molecular complexity index is 728. The van der Waals surface area contributed by atoms with Crippen LogP contribution in [-0.2, 0) is 22.7 Å². The predicted octanol–water partition coefficient (Wildman–Crippen LogP) is 1.65. The third-order valence-electron chi connectivity index (χ3n) is 5.65. The van der Waals surface area contributed by atoms with Crippen LogP contribution in [0.15, 0.2) is 24.3 Å². The smallest absolute Gasteiger partial charge is 0.325 e. The lowest BCUT2D eigenvalue weighted by Gasteiger charge is -2.30. The summed E-state index contributed by atoms with van der Waals surface area (Å²) in [6.07, 6.45) is 4.45. The molecule has 1 aromatic carbocycles. The molecule has 1 saturated carbocycles. The Morgan fingerprint density at radius 3 is 2.56 bits per heavy atom. The van der Waals surface area contributed by atoms with E-state index < -0.39 is 5.54 Å². The predicted molar refractivity (Wildman–Crippen MR) is 101 cm³/mol. The first-order valence-electron chi connectivity index (χ1n) is 9.65. The highest BCUT2D eigenvalue weighted by Crippen LogP contribution is 2.34. The Morgan fingerprint density at radius 1 is 1.22 bits per heavy atom. The van der Waals surface area contributed by atoms with Crippen LogP contribution in [0.2, 0.25) is 0 Å². The largest absolute Gasteiger partial charge is 0.352 e. The minimum Gasteiger partial charge on any atom is -0.352 e. The lowest BCUT2D eigenvalue weighted by molar-refractivity contribution is -0.132. The van der Waals surface area contributed by atoms with Crippen molar-refractivity contribution in [2.24, 2.45) is 11.7 Å². The zero-order valence-electron chi connectivity index (χ0n) is 15.8. The summed E-state index contributed by atoms with van der Waals surface area (Å²) in [6, 6.07) is 7.22. The van der Waals surface area contributed by atoms with Crippen LogP contribution < -0.4 is 16.4 Å². The van der Waals surface area contributed by atoms with E-state index in [1.54, 1.807) is 6.92 Å². The quantitative estimate of drug-likeness (QED) is 0.661. The standard InChI is InChI=1S/C20H28N4O3/c1-14(11-21)17(25)22-12-15-7-3-4-8-16(15)13-24-18(26)20(23-19(24)27)9-5-2-6-10-20/h3-4,7-8,14H,2,5-6,9-13,21H2,1H3,(H,22,25)(H,23,27). The summed E-state index contributed by atoms with van der Waals surface area (Å²) < 4.78 is 0. The lowest BCUT2D eigenvalue weighted by atomic mass is 9.81. The van der Waals surface area contributed by atoms with Gasteiger partial charge in [0, 0.05) is 19.0 Å². The summed E-state index contributed by atoms with van der Waals surface area (Å²) >= 11 is 0. The Hall–Kier alpha value is -2.41. The molecule has 1 atom stereocenters. The molecule has 7 heteroatoms. The molecule has 2 fully saturated rings. The molecule has 7 nitrogen and oxygen atoms in total. The van der Waals surface area contributed by atoms with Crippen molar-refractivity contribution in [3.8, 4) is 0 Å². The minimum atomic E-state index is -0.713. The summed E-state index contributed by atoms with van der Waals surface area (Å²) in [5.74, 6) is -0.486. The molecule has 0 radical (unpaired) electrons. The average Bonchev–Trinajstić information content (AvgIpc) is 2.90. The van der Waals surface area contributed by atoms with Crippen LogP contribution >= 0.6 is 0 Å². The van der Waals surface area contributed by atoms with Gasteiger partial charge in [-0.05, 0) is 24.0 Å². The number of nitrogens with one attached hydrogen (secondary N) is 2. The maximum Gasteiger partial charge on any atom is 0.325 e. The van der Waals surface area contributed by atoms with Crippen LogP contribution in [0.3, 0.4) is 0 Å². The summed E-state index contributed by atoms with van der Waals surface area (Å²) in [5, 5.41) is 5.81. The molecule has 2 aliphatic rings. The molecule has 4 N–H and O–H groups in total. The summed E-state index contributed by atoms with van der Waals surface area (Å²) in [5.41, 5.74) is 6.56. The molecule has 1 aliphatic carbocycles. The van der Waals surface area contributed by atoms with Crippen molar-refractivity contribution >= 4 is 17.8 Å². The fourth-order valence-electron chi connectivity index (χ4n) is 3.83. The zero-order valence-corrected chi connectivity index (χ0v) is 15.8. The van der Waals surface area contributed by atoms with Crippen molar-refractivity contribution in [2.75, 3.05) is 6.54 Å². The Balaban J connectivity index is 1.71. The van der Waals surface area contributed by atoms with Crippen molar-refractivity contribution in [1.82, 2.24) is 15.5 Å². The number of amides is 4. The first-order chi connectivity index (χ1) is 13.0. The maximum atomic E-state index is 13.0. The van der Waals surface area contributed by atoms with E-state index in [9.17, 15) is 14.4 Å². The number of urea groups is 1. The topological polar surface area (TPSA) is 105 Å². The van der Waals surface area contributed by atoms with Crippen molar-refractivity contribution in [2.45, 2.75) is 57.7 Å². The molecular weight excluding hydrogens is 344 g/mol. The molecule has 1 aliphatic heterocycles. The molecule has 1 unspecified atom stereocenters. The van der Waals surface area contributed by atoms with Gasteiger partial charge < -0.3 is 16.4 Å². The molecule has 0 bridgehead atoms. The average molecular weight is 372 g/mol. The minimum absolute atomic E-state index is 0.108. The van der Waals surface area contributed by atoms with E-state index in [4.69, 9.17) is 5.73 Å². The highest BCUT2D eigenvalue weighted by Gasteiger charge is 2.51. The van der Waals surface area contributed by atoms with Crippen molar-refractivity contribution in [1.29, 1.82) is 0 Å². The van der Waals surface area contributed by atoms with Gasteiger partial charge in [-0.3, -0.25) is 14.5 Å². The molecule has 3 rings (SSSR count). The number of carbonyl (C=O) groups excluding carboxylic acids is 3. The van der Waals surface area contributed by atoms with Crippen LogP contribution in [0.4, 0.5) is 4.79 Å². The molecule has 0 aromatic heterocycles. The highest BCUT2D eigenvalue weighted by molar-refractivity contribution is 6.07. The normalized spacial score (nSPS) is 19.9. The van der Waals surface area contributed by atoms with Crippen molar-refractivity contribution < 1.29 is 14.4 Å². The van der Waals surface area contributed by atoms with Crippen LogP contribution in [0.5, 0.6) is 0 Å². The second-order valence-corrected chi connectivity index (χ2v) is 7.59. The molecule has 1 aromatic rings. The third-order valence-corrected chi connectivity index (χ3v) is 5.65. The summed E-state index contributed by atoms with van der Waals surface area (Å²) in [4.78, 5) is 38.7. The number of hydrogen-bond acceptors (Lipinski definition) is 4. The van der Waals surface area contributed by atoms with Gasteiger partial charge in [0.15, 0.2) is 0 Å². The first kappa shape index (κ1) is 19.4. The monoisotopic (exact) mass is 372 g/mol. The van der Waals surface area contributed by atoms with Gasteiger partial charge >= 0.3 is 6.03 Å². The number of rotatable bonds is 6. The van der Waals surface area contributed by atoms with Crippen molar-refractivity contribution in [3.05, 3.63) is 35.4 Å². The van der Waals surface area contributed by atoms with E-state index in [1.807, 2.05) is 24.3 Å². The van der Waals surface area contributed by atoms with Gasteiger partial charge in [0.25, 0.3) is 5.91 Å². The van der Waals surface area contributed by atoms with Crippen LogP contribution in [0.1, 0.15) is 50.2 Å². The Kier molecular flexibility index (Phi) is 5.79. The number of nitrogens with zero attached hydrogens (tertiary/aromatic N) is 1. The van der Waals surface area contributed by atoms with Gasteiger partial charge in [0.2, 0.25) is 5.91 Å². The van der Waals surface area contributed by atoms with Gasteiger partial charge in [-0.25, -0.2) is 4.79 Å². The molecule has 1 saturated heterocycles. The van der Waals surface area contributed by atoms with Gasteiger partial charge in [-0.2, -0.15) is 0 Å². The van der Waals surface area contributed by atoms with E-state index in [-0.39, 0.29) is 36.9 Å². The van der Waals surface area contributed by atoms with E-state index in [1.165, 1.54) is 4.90 Å². The highest BCUT2D eigenvalue weighted by atomic mass is 16.2. The Morgan fingerprint density at radius 2 is 1.89 bits per heavy atom. The first-order valence-corrected chi connectivity index (χ1v) is 9.65. The van der Waals surface area contributed by atoms with E-state index in [2.05, 4.69) is 10.6 Å². The molecule has 1 heterocycles. The van der Waals surface area contributed by atoms with E-state index in [0.717, 1.165) is 30.4 Å². The van der Waals surface area contributed by atoms with Crippen LogP contribution in [0.25, 0.3) is 0 Å². The van der Waals surface area contributed by atoms with Crippen LogP contribution in [0, 0.1) is 5.92 Å². The van der Waals surface area contributed by atoms with Gasteiger partial charge in [0.1, 0.15) is 5.54 Å². The molecule has 27 heavy (non-hydrogen) atoms. The van der Waals surface area contributed by atoms with E-state index >= 15 is 0 Å². The summed E-state index contributed by atoms with van der Waals surface area (Å²) in [7, 11) is 0. The number of benzene rings is 1.